The maximum atomic E-state index is 12.0. The average molecular weight is 283 g/mol. The second kappa shape index (κ2) is 6.13. The summed E-state index contributed by atoms with van der Waals surface area (Å²) in [5.41, 5.74) is 2.84. The van der Waals surface area contributed by atoms with Crippen LogP contribution in [-0.2, 0) is 4.79 Å². The molecule has 2 aromatic rings. The summed E-state index contributed by atoms with van der Waals surface area (Å²) in [5, 5.41) is 14.1. The van der Waals surface area contributed by atoms with Crippen LogP contribution in [0.1, 0.15) is 16.8 Å². The van der Waals surface area contributed by atoms with E-state index in [4.69, 9.17) is 5.26 Å². The number of carbonyl (C=O) groups excluding carboxylic acids is 1. The molecule has 1 aromatic carbocycles. The highest BCUT2D eigenvalue weighted by Gasteiger charge is 2.11. The number of aromatic nitrogens is 1. The van der Waals surface area contributed by atoms with Crippen molar-refractivity contribution in [3.05, 3.63) is 52.0 Å². The summed E-state index contributed by atoms with van der Waals surface area (Å²) in [5.74, 6) is -0.442. The fraction of sp³-hybridized carbons (Fsp3) is 0.133. The molecule has 1 N–H and O–H groups in total. The van der Waals surface area contributed by atoms with Gasteiger partial charge < -0.3 is 0 Å². The molecule has 20 heavy (non-hydrogen) atoms. The first kappa shape index (κ1) is 14.0. The Morgan fingerprint density at radius 2 is 2.05 bits per heavy atom. The first-order chi connectivity index (χ1) is 9.58. The van der Waals surface area contributed by atoms with Crippen LogP contribution >= 0.6 is 11.3 Å². The van der Waals surface area contributed by atoms with E-state index in [0.29, 0.717) is 5.13 Å². The standard InChI is InChI=1S/C15H13N3OS/c1-10-3-5-12(6-4-10)7-13(8-16)14(19)18-15-17-11(2)9-20-15/h3-7,9H,1-2H3,(H,17,18,19)/b13-7+. The zero-order valence-electron chi connectivity index (χ0n) is 11.2. The first-order valence-corrected chi connectivity index (χ1v) is 6.88. The summed E-state index contributed by atoms with van der Waals surface area (Å²) < 4.78 is 0. The van der Waals surface area contributed by atoms with Gasteiger partial charge in [0.1, 0.15) is 11.6 Å². The summed E-state index contributed by atoms with van der Waals surface area (Å²) in [4.78, 5) is 16.1. The van der Waals surface area contributed by atoms with Crippen molar-refractivity contribution in [3.63, 3.8) is 0 Å². The summed E-state index contributed by atoms with van der Waals surface area (Å²) in [6.07, 6.45) is 1.56. The van der Waals surface area contributed by atoms with Crippen LogP contribution < -0.4 is 5.32 Å². The number of rotatable bonds is 3. The van der Waals surface area contributed by atoms with Crippen LogP contribution in [0.5, 0.6) is 0 Å². The molecule has 0 saturated heterocycles. The van der Waals surface area contributed by atoms with Gasteiger partial charge in [-0.15, -0.1) is 11.3 Å². The van der Waals surface area contributed by atoms with Crippen molar-refractivity contribution in [1.29, 1.82) is 5.26 Å². The van der Waals surface area contributed by atoms with Gasteiger partial charge in [0.05, 0.1) is 5.69 Å². The molecule has 1 amide bonds. The van der Waals surface area contributed by atoms with Gasteiger partial charge in [-0.2, -0.15) is 5.26 Å². The molecule has 4 nitrogen and oxygen atoms in total. The molecule has 2 rings (SSSR count). The Morgan fingerprint density at radius 3 is 2.60 bits per heavy atom. The third kappa shape index (κ3) is 3.53. The minimum Gasteiger partial charge on any atom is -0.297 e. The monoisotopic (exact) mass is 283 g/mol. The zero-order valence-corrected chi connectivity index (χ0v) is 12.0. The lowest BCUT2D eigenvalue weighted by molar-refractivity contribution is -0.112. The minimum absolute atomic E-state index is 0.0571. The second-order valence-electron chi connectivity index (χ2n) is 4.33. The Kier molecular flexibility index (Phi) is 4.28. The molecule has 0 aliphatic heterocycles. The number of nitrogens with one attached hydrogen (secondary N) is 1. The number of nitrogens with zero attached hydrogens (tertiary/aromatic N) is 2. The van der Waals surface area contributed by atoms with Gasteiger partial charge >= 0.3 is 0 Å². The van der Waals surface area contributed by atoms with Crippen molar-refractivity contribution in [2.75, 3.05) is 5.32 Å². The third-order valence-corrected chi connectivity index (χ3v) is 3.47. The number of aryl methyl sites for hydroxylation is 2. The number of nitriles is 1. The molecule has 0 bridgehead atoms. The van der Waals surface area contributed by atoms with E-state index in [1.54, 1.807) is 6.08 Å². The summed E-state index contributed by atoms with van der Waals surface area (Å²) in [7, 11) is 0. The third-order valence-electron chi connectivity index (χ3n) is 2.59. The van der Waals surface area contributed by atoms with Crippen molar-refractivity contribution in [3.8, 4) is 6.07 Å². The molecule has 0 aliphatic carbocycles. The average Bonchev–Trinajstić information content (AvgIpc) is 2.83. The molecule has 0 aliphatic rings. The Labute approximate surface area is 121 Å². The normalized spacial score (nSPS) is 10.9. The highest BCUT2D eigenvalue weighted by atomic mass is 32.1. The van der Waals surface area contributed by atoms with Crippen LogP contribution in [0.4, 0.5) is 5.13 Å². The Morgan fingerprint density at radius 1 is 1.35 bits per heavy atom. The number of carbonyl (C=O) groups is 1. The highest BCUT2D eigenvalue weighted by molar-refractivity contribution is 7.13. The lowest BCUT2D eigenvalue weighted by atomic mass is 10.1. The number of hydrogen-bond donors (Lipinski definition) is 1. The van der Waals surface area contributed by atoms with E-state index in [2.05, 4.69) is 10.3 Å². The van der Waals surface area contributed by atoms with Crippen molar-refractivity contribution in [1.82, 2.24) is 4.98 Å². The van der Waals surface area contributed by atoms with Gasteiger partial charge in [0, 0.05) is 5.38 Å². The quantitative estimate of drug-likeness (QED) is 0.694. The van der Waals surface area contributed by atoms with Gasteiger partial charge in [0.25, 0.3) is 5.91 Å². The van der Waals surface area contributed by atoms with Crippen LogP contribution in [0.3, 0.4) is 0 Å². The van der Waals surface area contributed by atoms with Crippen LogP contribution in [0.15, 0.2) is 35.2 Å². The molecule has 1 heterocycles. The summed E-state index contributed by atoms with van der Waals surface area (Å²) in [6.45, 7) is 3.83. The van der Waals surface area contributed by atoms with E-state index in [0.717, 1.165) is 16.8 Å². The van der Waals surface area contributed by atoms with Crippen molar-refractivity contribution in [2.24, 2.45) is 0 Å². The molecule has 0 saturated carbocycles. The van der Waals surface area contributed by atoms with Crippen LogP contribution in [-0.4, -0.2) is 10.9 Å². The predicted molar refractivity (Wildman–Crippen MR) is 80.2 cm³/mol. The molecular formula is C15H13N3OS. The van der Waals surface area contributed by atoms with Gasteiger partial charge in [-0.25, -0.2) is 4.98 Å². The topological polar surface area (TPSA) is 65.8 Å². The van der Waals surface area contributed by atoms with E-state index in [1.165, 1.54) is 11.3 Å². The van der Waals surface area contributed by atoms with Gasteiger partial charge in [-0.1, -0.05) is 29.8 Å². The van der Waals surface area contributed by atoms with Crippen molar-refractivity contribution in [2.45, 2.75) is 13.8 Å². The Balaban J connectivity index is 2.17. The number of amides is 1. The molecule has 0 spiro atoms. The maximum Gasteiger partial charge on any atom is 0.268 e. The Bertz CT molecular complexity index is 693. The second-order valence-corrected chi connectivity index (χ2v) is 5.19. The number of hydrogen-bond acceptors (Lipinski definition) is 4. The summed E-state index contributed by atoms with van der Waals surface area (Å²) in [6, 6.07) is 9.52. The van der Waals surface area contributed by atoms with E-state index in [1.807, 2.05) is 49.6 Å². The largest absolute Gasteiger partial charge is 0.297 e. The molecule has 5 heteroatoms. The molecule has 0 unspecified atom stereocenters. The first-order valence-electron chi connectivity index (χ1n) is 6.00. The Hall–Kier alpha value is -2.45. The van der Waals surface area contributed by atoms with E-state index in [9.17, 15) is 4.79 Å². The number of thiazole rings is 1. The number of anilines is 1. The lowest BCUT2D eigenvalue weighted by Crippen LogP contribution is -2.13. The van der Waals surface area contributed by atoms with Gasteiger partial charge in [-0.3, -0.25) is 10.1 Å². The smallest absolute Gasteiger partial charge is 0.268 e. The van der Waals surface area contributed by atoms with Gasteiger partial charge in [0.2, 0.25) is 0 Å². The van der Waals surface area contributed by atoms with Crippen LogP contribution in [0.25, 0.3) is 6.08 Å². The van der Waals surface area contributed by atoms with Crippen LogP contribution in [0.2, 0.25) is 0 Å². The molecule has 1 aromatic heterocycles. The van der Waals surface area contributed by atoms with Gasteiger partial charge in [-0.05, 0) is 25.5 Å². The van der Waals surface area contributed by atoms with Gasteiger partial charge in [0.15, 0.2) is 5.13 Å². The fourth-order valence-corrected chi connectivity index (χ4v) is 2.24. The lowest BCUT2D eigenvalue weighted by Gasteiger charge is -2.00. The molecular weight excluding hydrogens is 270 g/mol. The molecule has 0 fully saturated rings. The van der Waals surface area contributed by atoms with Crippen LogP contribution in [0, 0.1) is 25.2 Å². The molecule has 100 valence electrons. The minimum atomic E-state index is -0.442. The summed E-state index contributed by atoms with van der Waals surface area (Å²) >= 11 is 1.33. The van der Waals surface area contributed by atoms with E-state index >= 15 is 0 Å². The zero-order chi connectivity index (χ0) is 14.5. The molecule has 0 radical (unpaired) electrons. The highest BCUT2D eigenvalue weighted by Crippen LogP contribution is 2.16. The fourth-order valence-electron chi connectivity index (χ4n) is 1.55. The predicted octanol–water partition coefficient (Wildman–Crippen LogP) is 3.31. The van der Waals surface area contributed by atoms with E-state index < -0.39 is 5.91 Å². The van der Waals surface area contributed by atoms with Crippen molar-refractivity contribution >= 4 is 28.5 Å². The maximum absolute atomic E-state index is 12.0. The van der Waals surface area contributed by atoms with E-state index in [-0.39, 0.29) is 5.57 Å². The molecule has 0 atom stereocenters. The number of benzene rings is 1. The van der Waals surface area contributed by atoms with Crippen molar-refractivity contribution < 1.29 is 4.79 Å². The SMILES string of the molecule is Cc1ccc(/C=C(\C#N)C(=O)Nc2nc(C)cs2)cc1.